The Kier molecular flexibility index (Phi) is 4.01. The lowest BCUT2D eigenvalue weighted by atomic mass is 10.1. The van der Waals surface area contributed by atoms with E-state index < -0.39 is 8.32 Å². The van der Waals surface area contributed by atoms with Gasteiger partial charge >= 0.3 is 0 Å². The summed E-state index contributed by atoms with van der Waals surface area (Å²) in [7, 11) is -1.58. The van der Waals surface area contributed by atoms with Crippen LogP contribution in [0, 0.1) is 5.92 Å². The van der Waals surface area contributed by atoms with Gasteiger partial charge in [-0.25, -0.2) is 0 Å². The normalized spacial score (nSPS) is 28.4. The molecule has 0 amide bonds. The highest BCUT2D eigenvalue weighted by Crippen LogP contribution is 2.37. The van der Waals surface area contributed by atoms with Gasteiger partial charge in [-0.3, -0.25) is 0 Å². The van der Waals surface area contributed by atoms with Gasteiger partial charge in [-0.1, -0.05) is 20.8 Å². The molecular weight excluding hydrogens is 204 g/mol. The van der Waals surface area contributed by atoms with Crippen molar-refractivity contribution in [1.29, 1.82) is 0 Å². The molecule has 1 aliphatic carbocycles. The van der Waals surface area contributed by atoms with Gasteiger partial charge in [0, 0.05) is 6.61 Å². The quantitative estimate of drug-likeness (QED) is 0.755. The van der Waals surface area contributed by atoms with Crippen LogP contribution >= 0.6 is 0 Å². The van der Waals surface area contributed by atoms with E-state index in [0.717, 1.165) is 25.9 Å². The summed E-state index contributed by atoms with van der Waals surface area (Å²) in [6, 6.07) is 0. The molecule has 2 nitrogen and oxygen atoms in total. The van der Waals surface area contributed by atoms with E-state index in [2.05, 4.69) is 33.9 Å². The maximum atomic E-state index is 9.44. The maximum absolute atomic E-state index is 9.44. The first-order chi connectivity index (χ1) is 6.72. The Balaban J connectivity index is 2.36. The van der Waals surface area contributed by atoms with Crippen molar-refractivity contribution in [3.05, 3.63) is 0 Å². The van der Waals surface area contributed by atoms with Gasteiger partial charge in [-0.2, -0.15) is 0 Å². The molecule has 1 aliphatic rings. The Morgan fingerprint density at radius 3 is 2.27 bits per heavy atom. The van der Waals surface area contributed by atoms with Crippen molar-refractivity contribution < 1.29 is 9.53 Å². The molecule has 1 rings (SSSR count). The van der Waals surface area contributed by atoms with Gasteiger partial charge in [0.1, 0.15) is 0 Å². The minimum atomic E-state index is -1.58. The summed E-state index contributed by atoms with van der Waals surface area (Å²) in [6.45, 7) is 12.2. The zero-order valence-electron chi connectivity index (χ0n) is 10.8. The van der Waals surface area contributed by atoms with Crippen LogP contribution in [0.1, 0.15) is 40.0 Å². The highest BCUT2D eigenvalue weighted by Gasteiger charge is 2.38. The largest absolute Gasteiger partial charge is 0.417 e. The third-order valence-electron chi connectivity index (χ3n) is 4.00. The molecule has 15 heavy (non-hydrogen) atoms. The van der Waals surface area contributed by atoms with E-state index >= 15 is 0 Å². The van der Waals surface area contributed by atoms with E-state index in [4.69, 9.17) is 4.43 Å². The molecule has 0 aromatic rings. The molecule has 0 spiro atoms. The van der Waals surface area contributed by atoms with Crippen molar-refractivity contribution >= 4 is 8.32 Å². The van der Waals surface area contributed by atoms with Gasteiger partial charge < -0.3 is 9.53 Å². The van der Waals surface area contributed by atoms with Gasteiger partial charge in [0.2, 0.25) is 0 Å². The predicted molar refractivity (Wildman–Crippen MR) is 66.5 cm³/mol. The lowest BCUT2D eigenvalue weighted by Crippen LogP contribution is -2.41. The van der Waals surface area contributed by atoms with Gasteiger partial charge in [0.05, 0.1) is 6.10 Å². The van der Waals surface area contributed by atoms with Crippen LogP contribution in [0.15, 0.2) is 0 Å². The Labute approximate surface area is 95.2 Å². The Morgan fingerprint density at radius 2 is 1.87 bits per heavy atom. The second-order valence-corrected chi connectivity index (χ2v) is 11.2. The lowest BCUT2D eigenvalue weighted by Gasteiger charge is -2.37. The number of rotatable bonds is 3. The molecule has 1 N–H and O–H groups in total. The molecule has 0 aromatic carbocycles. The molecule has 0 unspecified atom stereocenters. The molecule has 0 aromatic heterocycles. The summed E-state index contributed by atoms with van der Waals surface area (Å²) in [5, 5.41) is 9.74. The van der Waals surface area contributed by atoms with E-state index in [-0.39, 0.29) is 6.10 Å². The van der Waals surface area contributed by atoms with Gasteiger partial charge in [-0.15, -0.1) is 0 Å². The average molecular weight is 230 g/mol. The van der Waals surface area contributed by atoms with E-state index in [1.807, 2.05) is 0 Å². The third kappa shape index (κ3) is 3.57. The van der Waals surface area contributed by atoms with Crippen LogP contribution in [-0.4, -0.2) is 26.1 Å². The molecule has 0 saturated heterocycles. The fraction of sp³-hybridized carbons (Fsp3) is 1.00. The molecule has 0 bridgehead atoms. The number of aliphatic hydroxyl groups is 1. The van der Waals surface area contributed by atoms with Gasteiger partial charge in [-0.05, 0) is 43.3 Å². The average Bonchev–Trinajstić information content (AvgIpc) is 2.46. The zero-order valence-corrected chi connectivity index (χ0v) is 11.8. The van der Waals surface area contributed by atoms with Crippen molar-refractivity contribution in [3.63, 3.8) is 0 Å². The zero-order chi connectivity index (χ0) is 11.7. The highest BCUT2D eigenvalue weighted by molar-refractivity contribution is 6.74. The van der Waals surface area contributed by atoms with Crippen LogP contribution < -0.4 is 0 Å². The van der Waals surface area contributed by atoms with Gasteiger partial charge in [0.25, 0.3) is 0 Å². The first-order valence-electron chi connectivity index (χ1n) is 6.04. The third-order valence-corrected chi connectivity index (χ3v) is 8.50. The van der Waals surface area contributed by atoms with Crippen LogP contribution in [-0.2, 0) is 4.43 Å². The Bertz CT molecular complexity index is 208. The topological polar surface area (TPSA) is 29.5 Å². The summed E-state index contributed by atoms with van der Waals surface area (Å²) in [5.74, 6) is 0.592. The minimum Gasteiger partial charge on any atom is -0.417 e. The van der Waals surface area contributed by atoms with E-state index in [1.54, 1.807) is 0 Å². The highest BCUT2D eigenvalue weighted by atomic mass is 28.4. The summed E-state index contributed by atoms with van der Waals surface area (Å²) in [6.07, 6.45) is 2.97. The molecule has 0 heterocycles. The van der Waals surface area contributed by atoms with Crippen molar-refractivity contribution in [2.75, 3.05) is 6.61 Å². The first kappa shape index (κ1) is 13.2. The number of hydrogen-bond donors (Lipinski definition) is 1. The van der Waals surface area contributed by atoms with Crippen LogP contribution in [0.3, 0.4) is 0 Å². The van der Waals surface area contributed by atoms with Crippen LogP contribution in [0.5, 0.6) is 0 Å². The molecule has 0 aliphatic heterocycles. The second-order valence-electron chi connectivity index (χ2n) is 6.40. The standard InChI is InChI=1S/C12H26O2Si/c1-12(2,3)15(4,5)14-9-10-6-7-11(13)8-10/h10-11,13H,6-9H2,1-5H3/t10-,11-/m0/s1. The summed E-state index contributed by atoms with van der Waals surface area (Å²) in [5.41, 5.74) is 0. The van der Waals surface area contributed by atoms with Crippen molar-refractivity contribution in [3.8, 4) is 0 Å². The van der Waals surface area contributed by atoms with Gasteiger partial charge in [0.15, 0.2) is 8.32 Å². The van der Waals surface area contributed by atoms with E-state index in [0.29, 0.717) is 11.0 Å². The second kappa shape index (κ2) is 4.56. The molecule has 3 heteroatoms. The van der Waals surface area contributed by atoms with Crippen LogP contribution in [0.25, 0.3) is 0 Å². The first-order valence-corrected chi connectivity index (χ1v) is 8.95. The molecule has 1 saturated carbocycles. The molecule has 1 fully saturated rings. The summed E-state index contributed by atoms with van der Waals surface area (Å²) >= 11 is 0. The molecule has 2 atom stereocenters. The number of hydrogen-bond acceptors (Lipinski definition) is 2. The fourth-order valence-corrected chi connectivity index (χ4v) is 2.83. The van der Waals surface area contributed by atoms with Crippen LogP contribution in [0.2, 0.25) is 18.1 Å². The lowest BCUT2D eigenvalue weighted by molar-refractivity contribution is 0.164. The minimum absolute atomic E-state index is 0.0713. The SMILES string of the molecule is CC(C)(C)[Si](C)(C)OC[C@H]1CC[C@H](O)C1. The molecular formula is C12H26O2Si. The van der Waals surface area contributed by atoms with E-state index in [1.165, 1.54) is 0 Å². The van der Waals surface area contributed by atoms with Crippen LogP contribution in [0.4, 0.5) is 0 Å². The smallest absolute Gasteiger partial charge is 0.191 e. The monoisotopic (exact) mass is 230 g/mol. The van der Waals surface area contributed by atoms with Crippen molar-refractivity contribution in [2.45, 2.75) is 64.3 Å². The Morgan fingerprint density at radius 1 is 1.27 bits per heavy atom. The fourth-order valence-electron chi connectivity index (χ4n) is 1.74. The molecule has 0 radical (unpaired) electrons. The number of aliphatic hydroxyl groups excluding tert-OH is 1. The van der Waals surface area contributed by atoms with Crippen molar-refractivity contribution in [2.24, 2.45) is 5.92 Å². The predicted octanol–water partition coefficient (Wildman–Crippen LogP) is 3.17. The van der Waals surface area contributed by atoms with Crippen molar-refractivity contribution in [1.82, 2.24) is 0 Å². The summed E-state index contributed by atoms with van der Waals surface area (Å²) in [4.78, 5) is 0. The molecule has 90 valence electrons. The maximum Gasteiger partial charge on any atom is 0.191 e. The summed E-state index contributed by atoms with van der Waals surface area (Å²) < 4.78 is 6.15. The Hall–Kier alpha value is 0.137. The van der Waals surface area contributed by atoms with E-state index in [9.17, 15) is 5.11 Å².